The highest BCUT2D eigenvalue weighted by Gasteiger charge is 2.31. The molecule has 1 saturated heterocycles. The average molecular weight is 341 g/mol. The summed E-state index contributed by atoms with van der Waals surface area (Å²) in [4.78, 5) is 14.9. The van der Waals surface area contributed by atoms with Crippen molar-refractivity contribution in [3.63, 3.8) is 0 Å². The molecular weight excluding hydrogens is 326 g/mol. The van der Waals surface area contributed by atoms with E-state index in [1.165, 1.54) is 11.8 Å². The Kier molecular flexibility index (Phi) is 4.79. The number of nitrogens with zero attached hydrogens (tertiary/aromatic N) is 1. The van der Waals surface area contributed by atoms with Gasteiger partial charge >= 0.3 is 0 Å². The van der Waals surface area contributed by atoms with E-state index in [0.717, 1.165) is 16.9 Å². The van der Waals surface area contributed by atoms with Crippen molar-refractivity contribution in [2.24, 2.45) is 0 Å². The number of hydrogen-bond donors (Lipinski definition) is 0. The summed E-state index contributed by atoms with van der Waals surface area (Å²) in [7, 11) is 1.63. The van der Waals surface area contributed by atoms with Crippen molar-refractivity contribution in [1.29, 1.82) is 0 Å². The predicted molar refractivity (Wildman–Crippen MR) is 98.2 cm³/mol. The smallest absolute Gasteiger partial charge is 0.266 e. The first-order valence-corrected chi connectivity index (χ1v) is 8.33. The van der Waals surface area contributed by atoms with Gasteiger partial charge in [0.15, 0.2) is 0 Å². The zero-order valence-electron chi connectivity index (χ0n) is 12.6. The molecule has 2 aromatic rings. The van der Waals surface area contributed by atoms with Gasteiger partial charge in [0, 0.05) is 0 Å². The number of amides is 1. The minimum Gasteiger partial charge on any atom is -0.497 e. The van der Waals surface area contributed by atoms with Crippen LogP contribution in [0.25, 0.3) is 6.08 Å². The van der Waals surface area contributed by atoms with E-state index in [-0.39, 0.29) is 5.91 Å². The maximum Gasteiger partial charge on any atom is 0.266 e. The monoisotopic (exact) mass is 341 g/mol. The van der Waals surface area contributed by atoms with Crippen LogP contribution in [-0.4, -0.2) is 22.2 Å². The Morgan fingerprint density at radius 1 is 1.13 bits per heavy atom. The van der Waals surface area contributed by atoms with Gasteiger partial charge in [0.1, 0.15) is 10.1 Å². The van der Waals surface area contributed by atoms with Crippen molar-refractivity contribution in [3.05, 3.63) is 70.6 Å². The van der Waals surface area contributed by atoms with Crippen LogP contribution in [0, 0.1) is 0 Å². The molecule has 0 bridgehead atoms. The fraction of sp³-hybridized carbons (Fsp3) is 0.111. The molecule has 0 radical (unpaired) electrons. The fourth-order valence-corrected chi connectivity index (χ4v) is 3.51. The number of thioether (sulfide) groups is 1. The lowest BCUT2D eigenvalue weighted by atomic mass is 10.2. The Labute approximate surface area is 144 Å². The largest absolute Gasteiger partial charge is 0.497 e. The maximum absolute atomic E-state index is 12.6. The minimum absolute atomic E-state index is 0.0420. The molecule has 1 heterocycles. The first kappa shape index (κ1) is 15.8. The fourth-order valence-electron chi connectivity index (χ4n) is 2.25. The lowest BCUT2D eigenvalue weighted by Crippen LogP contribution is -2.27. The molecule has 0 atom stereocenters. The van der Waals surface area contributed by atoms with Crippen LogP contribution in [0.4, 0.5) is 0 Å². The Bertz CT molecular complexity index is 754. The third-order valence-electron chi connectivity index (χ3n) is 3.47. The van der Waals surface area contributed by atoms with Crippen LogP contribution < -0.4 is 4.74 Å². The number of methoxy groups -OCH3 is 1. The summed E-state index contributed by atoms with van der Waals surface area (Å²) in [5, 5.41) is 0. The van der Waals surface area contributed by atoms with Gasteiger partial charge in [-0.25, -0.2) is 0 Å². The number of benzene rings is 2. The second kappa shape index (κ2) is 6.98. The molecule has 0 unspecified atom stereocenters. The summed E-state index contributed by atoms with van der Waals surface area (Å²) < 4.78 is 5.73. The van der Waals surface area contributed by atoms with Gasteiger partial charge in [-0.05, 0) is 29.3 Å². The Hall–Kier alpha value is -2.11. The van der Waals surface area contributed by atoms with E-state index in [9.17, 15) is 4.79 Å². The second-order valence-electron chi connectivity index (χ2n) is 5.03. The van der Waals surface area contributed by atoms with Gasteiger partial charge in [-0.3, -0.25) is 9.69 Å². The third-order valence-corrected chi connectivity index (χ3v) is 4.85. The van der Waals surface area contributed by atoms with Gasteiger partial charge in [0.25, 0.3) is 5.91 Å². The van der Waals surface area contributed by atoms with Crippen molar-refractivity contribution in [3.8, 4) is 5.75 Å². The molecule has 1 amide bonds. The molecule has 3 nitrogen and oxygen atoms in total. The van der Waals surface area contributed by atoms with Crippen molar-refractivity contribution in [2.75, 3.05) is 7.11 Å². The molecule has 5 heteroatoms. The zero-order chi connectivity index (χ0) is 16.2. The van der Waals surface area contributed by atoms with Gasteiger partial charge < -0.3 is 4.74 Å². The standard InChI is InChI=1S/C18H15NO2S2/c1-21-15-9-7-13(8-10-15)11-16-17(20)19(18(22)23-16)12-14-5-3-2-4-6-14/h2-11H,12H2,1H3/b16-11-. The van der Waals surface area contributed by atoms with Crippen LogP contribution in [0.5, 0.6) is 5.75 Å². The summed E-state index contributed by atoms with van der Waals surface area (Å²) in [6.45, 7) is 0.505. The molecule has 0 N–H and O–H groups in total. The van der Waals surface area contributed by atoms with E-state index >= 15 is 0 Å². The number of thiocarbonyl (C=S) groups is 1. The number of ether oxygens (including phenoxy) is 1. The van der Waals surface area contributed by atoms with Gasteiger partial charge in [-0.15, -0.1) is 0 Å². The molecule has 1 aliphatic heterocycles. The maximum atomic E-state index is 12.6. The van der Waals surface area contributed by atoms with Crippen molar-refractivity contribution in [1.82, 2.24) is 4.90 Å². The number of carbonyl (C=O) groups excluding carboxylic acids is 1. The topological polar surface area (TPSA) is 29.5 Å². The number of rotatable bonds is 4. The third kappa shape index (κ3) is 3.63. The van der Waals surface area contributed by atoms with Gasteiger partial charge in [0.2, 0.25) is 0 Å². The van der Waals surface area contributed by atoms with Gasteiger partial charge in [-0.1, -0.05) is 66.4 Å². The van der Waals surface area contributed by atoms with Crippen LogP contribution in [0.2, 0.25) is 0 Å². The van der Waals surface area contributed by atoms with Crippen molar-refractivity contribution < 1.29 is 9.53 Å². The molecule has 1 aliphatic rings. The van der Waals surface area contributed by atoms with Crippen LogP contribution in [-0.2, 0) is 11.3 Å². The molecule has 2 aromatic carbocycles. The Balaban J connectivity index is 1.78. The average Bonchev–Trinajstić information content (AvgIpc) is 2.84. The molecule has 0 spiro atoms. The first-order chi connectivity index (χ1) is 11.2. The van der Waals surface area contributed by atoms with Crippen molar-refractivity contribution >= 4 is 40.3 Å². The number of hydrogen-bond acceptors (Lipinski definition) is 4. The van der Waals surface area contributed by atoms with E-state index in [1.807, 2.05) is 60.7 Å². The molecular formula is C18H15NO2S2. The summed E-state index contributed by atoms with van der Waals surface area (Å²) in [6.07, 6.45) is 1.86. The quantitative estimate of drug-likeness (QED) is 0.619. The van der Waals surface area contributed by atoms with Crippen LogP contribution in [0.15, 0.2) is 59.5 Å². The SMILES string of the molecule is COc1ccc(/C=C2\SC(=S)N(Cc3ccccc3)C2=O)cc1. The molecule has 116 valence electrons. The lowest BCUT2D eigenvalue weighted by molar-refractivity contribution is -0.122. The molecule has 3 rings (SSSR count). The number of carbonyl (C=O) groups is 1. The first-order valence-electron chi connectivity index (χ1n) is 7.11. The molecule has 0 saturated carbocycles. The van der Waals surface area contributed by atoms with E-state index in [1.54, 1.807) is 12.0 Å². The van der Waals surface area contributed by atoms with Crippen molar-refractivity contribution in [2.45, 2.75) is 6.54 Å². The van der Waals surface area contributed by atoms with E-state index < -0.39 is 0 Å². The molecule has 1 fully saturated rings. The highest BCUT2D eigenvalue weighted by molar-refractivity contribution is 8.26. The van der Waals surface area contributed by atoms with Crippen LogP contribution in [0.3, 0.4) is 0 Å². The molecule has 0 aromatic heterocycles. The zero-order valence-corrected chi connectivity index (χ0v) is 14.2. The summed E-state index contributed by atoms with van der Waals surface area (Å²) in [5.74, 6) is 0.749. The summed E-state index contributed by atoms with van der Waals surface area (Å²) in [5.41, 5.74) is 2.01. The van der Waals surface area contributed by atoms with Gasteiger partial charge in [-0.2, -0.15) is 0 Å². The van der Waals surface area contributed by atoms with E-state index in [0.29, 0.717) is 15.8 Å². The molecule has 23 heavy (non-hydrogen) atoms. The Morgan fingerprint density at radius 3 is 2.48 bits per heavy atom. The Morgan fingerprint density at radius 2 is 1.83 bits per heavy atom. The van der Waals surface area contributed by atoms with Crippen LogP contribution in [0.1, 0.15) is 11.1 Å². The summed E-state index contributed by atoms with van der Waals surface area (Å²) in [6, 6.07) is 17.4. The van der Waals surface area contributed by atoms with E-state index in [2.05, 4.69) is 0 Å². The van der Waals surface area contributed by atoms with E-state index in [4.69, 9.17) is 17.0 Å². The highest BCUT2D eigenvalue weighted by Crippen LogP contribution is 2.33. The lowest BCUT2D eigenvalue weighted by Gasteiger charge is -2.14. The second-order valence-corrected chi connectivity index (χ2v) is 6.70. The minimum atomic E-state index is -0.0420. The van der Waals surface area contributed by atoms with Crippen LogP contribution >= 0.6 is 24.0 Å². The summed E-state index contributed by atoms with van der Waals surface area (Å²) >= 11 is 6.70. The van der Waals surface area contributed by atoms with Gasteiger partial charge in [0.05, 0.1) is 18.6 Å². The predicted octanol–water partition coefficient (Wildman–Crippen LogP) is 4.10. The normalized spacial score (nSPS) is 16.2. The highest BCUT2D eigenvalue weighted by atomic mass is 32.2. The molecule has 0 aliphatic carbocycles.